The van der Waals surface area contributed by atoms with Crippen molar-refractivity contribution in [3.63, 3.8) is 0 Å². The molecule has 0 fully saturated rings. The number of H-pyrrole nitrogens is 1. The quantitative estimate of drug-likeness (QED) is 0.788. The molecule has 2 heterocycles. The van der Waals surface area contributed by atoms with E-state index in [2.05, 4.69) is 39.1 Å². The summed E-state index contributed by atoms with van der Waals surface area (Å²) in [5, 5.41) is 2.94. The maximum Gasteiger partial charge on any atom is 0.223 e. The van der Waals surface area contributed by atoms with E-state index < -0.39 is 0 Å². The summed E-state index contributed by atoms with van der Waals surface area (Å²) in [5.41, 5.74) is 8.71. The van der Waals surface area contributed by atoms with Gasteiger partial charge in [-0.1, -0.05) is 13.8 Å². The van der Waals surface area contributed by atoms with Gasteiger partial charge < -0.3 is 16.0 Å². The Labute approximate surface area is 135 Å². The Hall–Kier alpha value is -2.44. The average Bonchev–Trinajstić information content (AvgIpc) is 2.97. The summed E-state index contributed by atoms with van der Waals surface area (Å²) >= 11 is 0. The number of aromatic nitrogens is 4. The van der Waals surface area contributed by atoms with Crippen LogP contribution in [0.2, 0.25) is 0 Å². The van der Waals surface area contributed by atoms with Crippen molar-refractivity contribution in [3.8, 4) is 0 Å². The van der Waals surface area contributed by atoms with Crippen molar-refractivity contribution in [1.29, 1.82) is 0 Å². The van der Waals surface area contributed by atoms with Crippen LogP contribution in [0.1, 0.15) is 49.0 Å². The monoisotopic (exact) mass is 314 g/mol. The minimum Gasteiger partial charge on any atom is -0.383 e. The van der Waals surface area contributed by atoms with Crippen LogP contribution < -0.4 is 11.1 Å². The highest BCUT2D eigenvalue weighted by Crippen LogP contribution is 2.26. The fourth-order valence-electron chi connectivity index (χ4n) is 2.83. The standard InChI is InChI=1S/C16H22N6O/c1-9(2)15-21-12-4-3-10(5-13(12)22-15)16(23)19-7-11-6-18-8-20-14(11)17/h6,8-10H,3-5,7H2,1-2H3,(H,19,23)(H,21,22)(H2,17,18,20)/t10-/m1/s1. The number of carbonyl (C=O) groups excluding carboxylic acids is 1. The van der Waals surface area contributed by atoms with Gasteiger partial charge in [0.15, 0.2) is 0 Å². The minimum atomic E-state index is -0.0335. The predicted molar refractivity (Wildman–Crippen MR) is 86.5 cm³/mol. The van der Waals surface area contributed by atoms with Crippen molar-refractivity contribution in [2.45, 2.75) is 45.6 Å². The number of hydrogen-bond donors (Lipinski definition) is 3. The summed E-state index contributed by atoms with van der Waals surface area (Å²) in [5.74, 6) is 1.79. The lowest BCUT2D eigenvalue weighted by Gasteiger charge is -2.20. The van der Waals surface area contributed by atoms with Crippen LogP contribution in [0.15, 0.2) is 12.5 Å². The molecule has 0 unspecified atom stereocenters. The zero-order valence-electron chi connectivity index (χ0n) is 13.5. The number of nitrogens with zero attached hydrogens (tertiary/aromatic N) is 3. The number of imidazole rings is 1. The number of nitrogens with one attached hydrogen (secondary N) is 2. The van der Waals surface area contributed by atoms with Crippen LogP contribution in [0.5, 0.6) is 0 Å². The van der Waals surface area contributed by atoms with E-state index in [1.165, 1.54) is 6.33 Å². The number of rotatable bonds is 4. The summed E-state index contributed by atoms with van der Waals surface area (Å²) in [7, 11) is 0. The first-order valence-electron chi connectivity index (χ1n) is 7.94. The number of carbonyl (C=O) groups is 1. The van der Waals surface area contributed by atoms with Gasteiger partial charge in [-0.2, -0.15) is 0 Å². The van der Waals surface area contributed by atoms with Crippen LogP contribution in [-0.4, -0.2) is 25.8 Å². The summed E-state index contributed by atoms with van der Waals surface area (Å²) in [4.78, 5) is 28.3. The molecular weight excluding hydrogens is 292 g/mol. The Balaban J connectivity index is 1.62. The van der Waals surface area contributed by atoms with Gasteiger partial charge in [0, 0.05) is 42.3 Å². The second-order valence-corrected chi connectivity index (χ2v) is 6.29. The Morgan fingerprint density at radius 2 is 2.35 bits per heavy atom. The van der Waals surface area contributed by atoms with Gasteiger partial charge in [0.25, 0.3) is 0 Å². The summed E-state index contributed by atoms with van der Waals surface area (Å²) in [6.07, 6.45) is 5.40. The van der Waals surface area contributed by atoms with Gasteiger partial charge in [0.05, 0.1) is 5.69 Å². The van der Waals surface area contributed by atoms with E-state index >= 15 is 0 Å². The van der Waals surface area contributed by atoms with Gasteiger partial charge >= 0.3 is 0 Å². The van der Waals surface area contributed by atoms with Crippen LogP contribution in [0, 0.1) is 5.92 Å². The first-order chi connectivity index (χ1) is 11.0. The molecule has 0 spiro atoms. The maximum absolute atomic E-state index is 12.4. The molecule has 0 aliphatic heterocycles. The van der Waals surface area contributed by atoms with Crippen molar-refractivity contribution in [1.82, 2.24) is 25.3 Å². The number of nitrogens with two attached hydrogens (primary N) is 1. The molecule has 3 rings (SSSR count). The molecule has 1 amide bonds. The second kappa shape index (κ2) is 6.36. The van der Waals surface area contributed by atoms with Gasteiger partial charge in [-0.25, -0.2) is 15.0 Å². The summed E-state index contributed by atoms with van der Waals surface area (Å²) < 4.78 is 0. The lowest BCUT2D eigenvalue weighted by Crippen LogP contribution is -2.34. The highest BCUT2D eigenvalue weighted by atomic mass is 16.1. The van der Waals surface area contributed by atoms with E-state index in [0.717, 1.165) is 35.6 Å². The lowest BCUT2D eigenvalue weighted by molar-refractivity contribution is -0.125. The molecule has 2 aromatic rings. The number of nitrogen functional groups attached to an aromatic ring is 1. The molecule has 2 aromatic heterocycles. The average molecular weight is 314 g/mol. The Morgan fingerprint density at radius 3 is 3.09 bits per heavy atom. The van der Waals surface area contributed by atoms with E-state index in [9.17, 15) is 4.79 Å². The predicted octanol–water partition coefficient (Wildman–Crippen LogP) is 1.33. The number of aryl methyl sites for hydroxylation is 1. The second-order valence-electron chi connectivity index (χ2n) is 6.29. The molecule has 122 valence electrons. The first kappa shape index (κ1) is 15.5. The topological polar surface area (TPSA) is 110 Å². The fraction of sp³-hybridized carbons (Fsp3) is 0.500. The Morgan fingerprint density at radius 1 is 1.52 bits per heavy atom. The molecule has 0 radical (unpaired) electrons. The van der Waals surface area contributed by atoms with Crippen LogP contribution in [0.3, 0.4) is 0 Å². The van der Waals surface area contributed by atoms with Crippen molar-refractivity contribution in [2.75, 3.05) is 5.73 Å². The van der Waals surface area contributed by atoms with E-state index in [1.54, 1.807) is 6.20 Å². The van der Waals surface area contributed by atoms with Crippen LogP contribution in [-0.2, 0) is 24.2 Å². The van der Waals surface area contributed by atoms with Crippen molar-refractivity contribution >= 4 is 11.7 Å². The normalized spacial score (nSPS) is 17.1. The SMILES string of the molecule is CC(C)c1nc2c([nH]1)C[C@H](C(=O)NCc1cncnc1N)CC2. The zero-order valence-corrected chi connectivity index (χ0v) is 13.5. The highest BCUT2D eigenvalue weighted by molar-refractivity contribution is 5.79. The Kier molecular flexibility index (Phi) is 4.27. The molecule has 7 heteroatoms. The molecule has 0 saturated heterocycles. The van der Waals surface area contributed by atoms with Crippen LogP contribution in [0.25, 0.3) is 0 Å². The van der Waals surface area contributed by atoms with Crippen LogP contribution in [0.4, 0.5) is 5.82 Å². The summed E-state index contributed by atoms with van der Waals surface area (Å²) in [6, 6.07) is 0. The van der Waals surface area contributed by atoms with Gasteiger partial charge in [-0.3, -0.25) is 4.79 Å². The minimum absolute atomic E-state index is 0.0335. The maximum atomic E-state index is 12.4. The largest absolute Gasteiger partial charge is 0.383 e. The third-order valence-corrected chi connectivity index (χ3v) is 4.26. The molecule has 7 nitrogen and oxygen atoms in total. The van der Waals surface area contributed by atoms with Gasteiger partial charge in [-0.15, -0.1) is 0 Å². The number of fused-ring (bicyclic) bond motifs is 1. The van der Waals surface area contributed by atoms with Gasteiger partial charge in [0.1, 0.15) is 18.0 Å². The first-order valence-corrected chi connectivity index (χ1v) is 7.94. The van der Waals surface area contributed by atoms with Gasteiger partial charge in [-0.05, 0) is 12.8 Å². The molecule has 1 atom stereocenters. The van der Waals surface area contributed by atoms with Crippen molar-refractivity contribution in [2.24, 2.45) is 5.92 Å². The molecule has 0 saturated carbocycles. The van der Waals surface area contributed by atoms with E-state index in [-0.39, 0.29) is 11.8 Å². The molecule has 1 aliphatic carbocycles. The van der Waals surface area contributed by atoms with E-state index in [1.807, 2.05) is 0 Å². The van der Waals surface area contributed by atoms with E-state index in [0.29, 0.717) is 24.7 Å². The third kappa shape index (κ3) is 3.33. The summed E-state index contributed by atoms with van der Waals surface area (Å²) in [6.45, 7) is 4.58. The molecular formula is C16H22N6O. The molecule has 1 aliphatic rings. The van der Waals surface area contributed by atoms with Crippen LogP contribution >= 0.6 is 0 Å². The number of anilines is 1. The van der Waals surface area contributed by atoms with Gasteiger partial charge in [0.2, 0.25) is 5.91 Å². The van der Waals surface area contributed by atoms with Crippen molar-refractivity contribution < 1.29 is 4.79 Å². The third-order valence-electron chi connectivity index (χ3n) is 4.26. The number of aromatic amines is 1. The molecule has 23 heavy (non-hydrogen) atoms. The Bertz CT molecular complexity index is 708. The van der Waals surface area contributed by atoms with E-state index in [4.69, 9.17) is 5.73 Å². The smallest absolute Gasteiger partial charge is 0.223 e. The number of amides is 1. The fourth-order valence-corrected chi connectivity index (χ4v) is 2.83. The molecule has 0 bridgehead atoms. The molecule has 4 N–H and O–H groups in total. The molecule has 0 aromatic carbocycles. The lowest BCUT2D eigenvalue weighted by atomic mass is 9.89. The van der Waals surface area contributed by atoms with Crippen molar-refractivity contribution in [3.05, 3.63) is 35.3 Å². The highest BCUT2D eigenvalue weighted by Gasteiger charge is 2.27. The zero-order chi connectivity index (χ0) is 16.4. The number of hydrogen-bond acceptors (Lipinski definition) is 5.